The van der Waals surface area contributed by atoms with Crippen LogP contribution in [0.15, 0.2) is 0 Å². The number of hydrogen-bond donors (Lipinski definition) is 2. The zero-order valence-electron chi connectivity index (χ0n) is 10.5. The van der Waals surface area contributed by atoms with Gasteiger partial charge in [0.15, 0.2) is 0 Å². The first-order chi connectivity index (χ1) is 8.37. The van der Waals surface area contributed by atoms with Crippen LogP contribution in [0.5, 0.6) is 0 Å². The number of hydrogen-bond acceptors (Lipinski definition) is 3. The second-order valence-corrected chi connectivity index (χ2v) is 4.74. The average Bonchev–Trinajstić information content (AvgIpc) is 2.26. The predicted molar refractivity (Wildman–Crippen MR) is 62.2 cm³/mol. The summed E-state index contributed by atoms with van der Waals surface area (Å²) in [5.74, 6) is -0.592. The molecule has 0 aromatic heterocycles. The summed E-state index contributed by atoms with van der Waals surface area (Å²) >= 11 is 0. The Morgan fingerprint density at radius 3 is 2.72 bits per heavy atom. The number of likely N-dealkylation sites (N-methyl/N-ethyl adjacent to an activating group) is 1. The summed E-state index contributed by atoms with van der Waals surface area (Å²) in [5, 5.41) is 5.19. The van der Waals surface area contributed by atoms with Crippen LogP contribution in [0.3, 0.4) is 0 Å². The normalized spacial score (nSPS) is 21.1. The van der Waals surface area contributed by atoms with E-state index in [1.807, 2.05) is 5.32 Å². The van der Waals surface area contributed by atoms with Crippen molar-refractivity contribution in [2.45, 2.75) is 31.5 Å². The van der Waals surface area contributed by atoms with Crippen molar-refractivity contribution < 1.29 is 18.0 Å². The second kappa shape index (κ2) is 6.94. The number of nitrogens with zero attached hydrogens (tertiary/aromatic N) is 1. The molecule has 1 heterocycles. The fourth-order valence-corrected chi connectivity index (χ4v) is 2.02. The Bertz CT molecular complexity index is 265. The third kappa shape index (κ3) is 6.80. The molecule has 0 spiro atoms. The first-order valence-electron chi connectivity index (χ1n) is 6.12. The summed E-state index contributed by atoms with van der Waals surface area (Å²) < 4.78 is 35.7. The highest BCUT2D eigenvalue weighted by Crippen LogP contribution is 2.12. The lowest BCUT2D eigenvalue weighted by molar-refractivity contribution is -0.138. The maximum atomic E-state index is 11.9. The molecule has 1 amide bonds. The number of carbonyl (C=O) groups is 1. The molecule has 1 saturated heterocycles. The number of alkyl halides is 3. The number of rotatable bonds is 5. The van der Waals surface area contributed by atoms with E-state index in [-0.39, 0.29) is 6.54 Å². The molecule has 2 N–H and O–H groups in total. The van der Waals surface area contributed by atoms with Crippen molar-refractivity contribution in [1.82, 2.24) is 15.5 Å². The third-order valence-corrected chi connectivity index (χ3v) is 2.84. The van der Waals surface area contributed by atoms with Gasteiger partial charge in [-0.25, -0.2) is 0 Å². The molecule has 1 rings (SSSR count). The van der Waals surface area contributed by atoms with Gasteiger partial charge in [-0.15, -0.1) is 0 Å². The van der Waals surface area contributed by atoms with Crippen molar-refractivity contribution in [3.8, 4) is 0 Å². The molecular weight excluding hydrogens is 247 g/mol. The number of piperidine rings is 1. The Balaban J connectivity index is 2.18. The van der Waals surface area contributed by atoms with Gasteiger partial charge in [0.1, 0.15) is 6.54 Å². The maximum Gasteiger partial charge on any atom is 0.405 e. The van der Waals surface area contributed by atoms with Crippen LogP contribution in [-0.2, 0) is 4.79 Å². The summed E-state index contributed by atoms with van der Waals surface area (Å²) in [6.07, 6.45) is -0.980. The van der Waals surface area contributed by atoms with Gasteiger partial charge in [-0.1, -0.05) is 6.42 Å². The van der Waals surface area contributed by atoms with Crippen LogP contribution in [0, 0.1) is 0 Å². The van der Waals surface area contributed by atoms with Crippen LogP contribution in [0.4, 0.5) is 13.2 Å². The smallest absolute Gasteiger partial charge is 0.346 e. The molecule has 1 fully saturated rings. The Hall–Kier alpha value is -0.820. The molecule has 106 valence electrons. The van der Waals surface area contributed by atoms with Crippen LogP contribution in [-0.4, -0.2) is 56.3 Å². The molecule has 1 aliphatic heterocycles. The summed E-state index contributed by atoms with van der Waals surface area (Å²) in [4.78, 5) is 13.0. The molecule has 0 radical (unpaired) electrons. The minimum absolute atomic E-state index is 0.00569. The minimum atomic E-state index is -4.35. The van der Waals surface area contributed by atoms with Crippen LogP contribution in [0.25, 0.3) is 0 Å². The molecule has 18 heavy (non-hydrogen) atoms. The number of carbonyl (C=O) groups excluding carboxylic acids is 1. The van der Waals surface area contributed by atoms with Crippen molar-refractivity contribution in [3.05, 3.63) is 0 Å². The van der Waals surface area contributed by atoms with E-state index in [1.165, 1.54) is 0 Å². The van der Waals surface area contributed by atoms with E-state index in [0.29, 0.717) is 12.6 Å². The highest BCUT2D eigenvalue weighted by molar-refractivity contribution is 5.78. The maximum absolute atomic E-state index is 11.9. The Labute approximate surface area is 105 Å². The summed E-state index contributed by atoms with van der Waals surface area (Å²) in [7, 11) is 1.74. The molecule has 4 nitrogen and oxygen atoms in total. The van der Waals surface area contributed by atoms with Gasteiger partial charge >= 0.3 is 6.18 Å². The van der Waals surface area contributed by atoms with Gasteiger partial charge in [-0.3, -0.25) is 9.69 Å². The Morgan fingerprint density at radius 2 is 2.17 bits per heavy atom. The van der Waals surface area contributed by atoms with E-state index in [1.54, 1.807) is 11.9 Å². The van der Waals surface area contributed by atoms with E-state index in [0.717, 1.165) is 25.8 Å². The standard InChI is InChI=1S/C11H20F3N3O/c1-17(6-9-4-2-3-5-15-9)7-10(18)16-8-11(12,13)14/h9,15H,2-8H2,1H3,(H,16,18). The predicted octanol–water partition coefficient (Wildman–Crippen LogP) is 0.739. The SMILES string of the molecule is CN(CC(=O)NCC(F)(F)F)CC1CCCCN1. The van der Waals surface area contributed by atoms with E-state index in [2.05, 4.69) is 5.32 Å². The van der Waals surface area contributed by atoms with Crippen molar-refractivity contribution in [2.75, 3.05) is 33.2 Å². The van der Waals surface area contributed by atoms with E-state index >= 15 is 0 Å². The van der Waals surface area contributed by atoms with Gasteiger partial charge in [-0.2, -0.15) is 13.2 Å². The second-order valence-electron chi connectivity index (χ2n) is 4.74. The van der Waals surface area contributed by atoms with Gasteiger partial charge < -0.3 is 10.6 Å². The van der Waals surface area contributed by atoms with E-state index < -0.39 is 18.6 Å². The molecule has 0 aromatic rings. The average molecular weight is 267 g/mol. The summed E-state index contributed by atoms with van der Waals surface area (Å²) in [6.45, 7) is 0.383. The highest BCUT2D eigenvalue weighted by Gasteiger charge is 2.27. The zero-order valence-corrected chi connectivity index (χ0v) is 10.5. The summed E-state index contributed by atoms with van der Waals surface area (Å²) in [5.41, 5.74) is 0. The van der Waals surface area contributed by atoms with E-state index in [4.69, 9.17) is 0 Å². The molecule has 1 unspecified atom stereocenters. The number of halogens is 3. The van der Waals surface area contributed by atoms with Gasteiger partial charge in [0.2, 0.25) is 5.91 Å². The molecule has 0 aromatic carbocycles. The van der Waals surface area contributed by atoms with Crippen LogP contribution in [0.1, 0.15) is 19.3 Å². The lowest BCUT2D eigenvalue weighted by Crippen LogP contribution is -2.46. The van der Waals surface area contributed by atoms with Crippen molar-refractivity contribution >= 4 is 5.91 Å². The third-order valence-electron chi connectivity index (χ3n) is 2.84. The summed E-state index contributed by atoms with van der Waals surface area (Å²) in [6, 6.07) is 0.333. The number of amides is 1. The van der Waals surface area contributed by atoms with Crippen molar-refractivity contribution in [3.63, 3.8) is 0 Å². The highest BCUT2D eigenvalue weighted by atomic mass is 19.4. The lowest BCUT2D eigenvalue weighted by Gasteiger charge is -2.27. The molecule has 1 atom stereocenters. The lowest BCUT2D eigenvalue weighted by atomic mass is 10.0. The Morgan fingerprint density at radius 1 is 1.44 bits per heavy atom. The largest absolute Gasteiger partial charge is 0.405 e. The van der Waals surface area contributed by atoms with E-state index in [9.17, 15) is 18.0 Å². The molecule has 0 aliphatic carbocycles. The van der Waals surface area contributed by atoms with Crippen molar-refractivity contribution in [1.29, 1.82) is 0 Å². The quantitative estimate of drug-likeness (QED) is 0.772. The first kappa shape index (κ1) is 15.2. The molecule has 0 saturated carbocycles. The molecule has 7 heteroatoms. The molecule has 0 bridgehead atoms. The Kier molecular flexibility index (Phi) is 5.87. The fraction of sp³-hybridized carbons (Fsp3) is 0.909. The van der Waals surface area contributed by atoms with Crippen LogP contribution in [0.2, 0.25) is 0 Å². The van der Waals surface area contributed by atoms with Gasteiger partial charge in [0.25, 0.3) is 0 Å². The van der Waals surface area contributed by atoms with Gasteiger partial charge in [-0.05, 0) is 26.4 Å². The first-order valence-corrected chi connectivity index (χ1v) is 6.12. The molecular formula is C11H20F3N3O. The van der Waals surface area contributed by atoms with Crippen LogP contribution < -0.4 is 10.6 Å². The monoisotopic (exact) mass is 267 g/mol. The van der Waals surface area contributed by atoms with Gasteiger partial charge in [0, 0.05) is 12.6 Å². The fourth-order valence-electron chi connectivity index (χ4n) is 2.02. The molecule has 1 aliphatic rings. The number of nitrogens with one attached hydrogen (secondary N) is 2. The zero-order chi connectivity index (χ0) is 13.6. The minimum Gasteiger partial charge on any atom is -0.346 e. The van der Waals surface area contributed by atoms with Crippen LogP contribution >= 0.6 is 0 Å². The van der Waals surface area contributed by atoms with Gasteiger partial charge in [0.05, 0.1) is 6.54 Å². The van der Waals surface area contributed by atoms with Crippen molar-refractivity contribution in [2.24, 2.45) is 0 Å². The topological polar surface area (TPSA) is 44.4 Å².